The van der Waals surface area contributed by atoms with Crippen LogP contribution < -0.4 is 20.8 Å². The fourth-order valence-corrected chi connectivity index (χ4v) is 3.56. The molecule has 0 fully saturated rings. The van der Waals surface area contributed by atoms with E-state index in [-0.39, 0.29) is 5.91 Å². The van der Waals surface area contributed by atoms with Gasteiger partial charge in [0.15, 0.2) is 0 Å². The van der Waals surface area contributed by atoms with Crippen LogP contribution in [0.4, 0.5) is 0 Å². The first kappa shape index (κ1) is 20.2. The zero-order valence-electron chi connectivity index (χ0n) is 17.2. The molecule has 1 amide bonds. The first-order valence-corrected chi connectivity index (χ1v) is 10.4. The number of amidine groups is 1. The van der Waals surface area contributed by atoms with Crippen molar-refractivity contribution >= 4 is 28.2 Å². The molecule has 0 aliphatic carbocycles. The maximum absolute atomic E-state index is 12.6. The van der Waals surface area contributed by atoms with Crippen LogP contribution in [0.5, 0.6) is 5.75 Å². The molecular weight excluding hydrogens is 382 g/mol. The van der Waals surface area contributed by atoms with Gasteiger partial charge in [-0.25, -0.2) is 4.98 Å². The second kappa shape index (κ2) is 9.58. The molecule has 0 bridgehead atoms. The van der Waals surface area contributed by atoms with Crippen LogP contribution in [0.15, 0.2) is 35.4 Å². The van der Waals surface area contributed by atoms with Crippen LogP contribution in [0.3, 0.4) is 0 Å². The molecule has 1 aromatic heterocycles. The van der Waals surface area contributed by atoms with Gasteiger partial charge in [-0.1, -0.05) is 6.08 Å². The summed E-state index contributed by atoms with van der Waals surface area (Å²) in [5, 5.41) is 11.1. The minimum atomic E-state index is -0.105. The number of hydrogen-bond donors (Lipinski definition) is 3. The zero-order chi connectivity index (χ0) is 20.8. The van der Waals surface area contributed by atoms with Gasteiger partial charge in [-0.2, -0.15) is 5.10 Å². The Bertz CT molecular complexity index is 986. The Balaban J connectivity index is 1.51. The van der Waals surface area contributed by atoms with Gasteiger partial charge in [-0.3, -0.25) is 10.2 Å². The van der Waals surface area contributed by atoms with Crippen LogP contribution >= 0.6 is 0 Å². The predicted molar refractivity (Wildman–Crippen MR) is 116 cm³/mol. The summed E-state index contributed by atoms with van der Waals surface area (Å²) in [4.78, 5) is 17.4. The van der Waals surface area contributed by atoms with E-state index in [9.17, 15) is 4.79 Å². The number of nitrogens with one attached hydrogen (secondary N) is 3. The average molecular weight is 409 g/mol. The van der Waals surface area contributed by atoms with Gasteiger partial charge in [-0.05, 0) is 43.5 Å². The van der Waals surface area contributed by atoms with Gasteiger partial charge >= 0.3 is 0 Å². The molecule has 0 radical (unpaired) electrons. The van der Waals surface area contributed by atoms with E-state index in [2.05, 4.69) is 27.2 Å². The lowest BCUT2D eigenvalue weighted by Crippen LogP contribution is -2.26. The number of rotatable bonds is 8. The second-order valence-electron chi connectivity index (χ2n) is 7.15. The predicted octanol–water partition coefficient (Wildman–Crippen LogP) is 2.41. The quantitative estimate of drug-likeness (QED) is 0.580. The summed E-state index contributed by atoms with van der Waals surface area (Å²) < 4.78 is 11.3. The minimum Gasteiger partial charge on any atom is -0.493 e. The lowest BCUT2D eigenvalue weighted by molar-refractivity contribution is 0.0953. The molecule has 2 aromatic rings. The van der Waals surface area contributed by atoms with Gasteiger partial charge in [0.05, 0.1) is 31.0 Å². The standard InChI is InChI=1S/C22H27N5O3/c1-2-30-20-13-18(15-7-10-29-11-8-15)26-19-12-16(5-6-17(19)20)22(28)23-9-3-4-21-24-14-25-27-21/h5-7,12-13,25H,2-4,8-11,14H2,1H3,(H,23,28)(H,24,27). The molecule has 0 spiro atoms. The molecule has 0 unspecified atom stereocenters. The second-order valence-corrected chi connectivity index (χ2v) is 7.15. The van der Waals surface area contributed by atoms with Crippen molar-refractivity contribution in [2.24, 2.45) is 5.10 Å². The van der Waals surface area contributed by atoms with E-state index >= 15 is 0 Å². The molecule has 3 N–H and O–H groups in total. The van der Waals surface area contributed by atoms with Crippen LogP contribution in [-0.4, -0.2) is 49.8 Å². The van der Waals surface area contributed by atoms with E-state index in [1.807, 2.05) is 31.2 Å². The number of ether oxygens (including phenoxy) is 2. The highest BCUT2D eigenvalue weighted by Gasteiger charge is 2.15. The van der Waals surface area contributed by atoms with Crippen LogP contribution in [0, 0.1) is 0 Å². The number of hydrazone groups is 1. The molecule has 158 valence electrons. The molecule has 1 aromatic carbocycles. The first-order chi connectivity index (χ1) is 14.7. The molecule has 3 heterocycles. The molecule has 0 saturated carbocycles. The summed E-state index contributed by atoms with van der Waals surface area (Å²) in [5.41, 5.74) is 6.25. The topological polar surface area (TPSA) is 96.9 Å². The first-order valence-electron chi connectivity index (χ1n) is 10.4. The largest absolute Gasteiger partial charge is 0.493 e. The monoisotopic (exact) mass is 409 g/mol. The van der Waals surface area contributed by atoms with Gasteiger partial charge in [0.1, 0.15) is 18.3 Å². The highest BCUT2D eigenvalue weighted by Crippen LogP contribution is 2.30. The molecule has 2 aliphatic rings. The normalized spacial score (nSPS) is 15.8. The number of fused-ring (bicyclic) bond motifs is 1. The smallest absolute Gasteiger partial charge is 0.251 e. The van der Waals surface area contributed by atoms with Gasteiger partial charge in [-0.15, -0.1) is 0 Å². The summed E-state index contributed by atoms with van der Waals surface area (Å²) >= 11 is 0. The third kappa shape index (κ3) is 4.71. The highest BCUT2D eigenvalue weighted by atomic mass is 16.5. The Morgan fingerprint density at radius 2 is 2.27 bits per heavy atom. The molecule has 2 aliphatic heterocycles. The highest BCUT2D eigenvalue weighted by molar-refractivity contribution is 5.99. The number of pyridine rings is 1. The van der Waals surface area contributed by atoms with Crippen molar-refractivity contribution < 1.29 is 14.3 Å². The summed E-state index contributed by atoms with van der Waals surface area (Å²) in [6.45, 7) is 5.07. The molecule has 0 atom stereocenters. The Hall–Kier alpha value is -3.13. The van der Waals surface area contributed by atoms with Crippen molar-refractivity contribution in [3.8, 4) is 5.75 Å². The summed E-state index contributed by atoms with van der Waals surface area (Å²) in [5.74, 6) is 1.61. The van der Waals surface area contributed by atoms with Crippen molar-refractivity contribution in [3.63, 3.8) is 0 Å². The SMILES string of the molecule is CCOc1cc(C2=CCOCC2)nc2cc(C(=O)NCCCC3=NNCN3)ccc12. The Morgan fingerprint density at radius 1 is 1.33 bits per heavy atom. The number of carbonyl (C=O) groups is 1. The van der Waals surface area contributed by atoms with Crippen molar-refractivity contribution in [3.05, 3.63) is 41.6 Å². The molecule has 4 rings (SSSR count). The summed E-state index contributed by atoms with van der Waals surface area (Å²) in [6, 6.07) is 7.55. The van der Waals surface area contributed by atoms with Crippen LogP contribution in [0.2, 0.25) is 0 Å². The average Bonchev–Trinajstić information content (AvgIpc) is 3.30. The molecule has 8 heteroatoms. The maximum Gasteiger partial charge on any atom is 0.251 e. The third-order valence-electron chi connectivity index (χ3n) is 5.09. The van der Waals surface area contributed by atoms with Crippen molar-refractivity contribution in [1.82, 2.24) is 21.0 Å². The van der Waals surface area contributed by atoms with E-state index in [1.165, 1.54) is 0 Å². The number of amides is 1. The number of nitrogens with zero attached hydrogens (tertiary/aromatic N) is 2. The van der Waals surface area contributed by atoms with Crippen LogP contribution in [-0.2, 0) is 4.74 Å². The van der Waals surface area contributed by atoms with Gasteiger partial charge in [0.25, 0.3) is 5.91 Å². The molecular formula is C22H27N5O3. The molecule has 30 heavy (non-hydrogen) atoms. The third-order valence-corrected chi connectivity index (χ3v) is 5.09. The van der Waals surface area contributed by atoms with Crippen LogP contribution in [0.25, 0.3) is 16.5 Å². The number of carbonyl (C=O) groups excluding carboxylic acids is 1. The molecule has 0 saturated heterocycles. The van der Waals surface area contributed by atoms with E-state index in [4.69, 9.17) is 14.5 Å². The summed E-state index contributed by atoms with van der Waals surface area (Å²) in [7, 11) is 0. The maximum atomic E-state index is 12.6. The minimum absolute atomic E-state index is 0.105. The Labute approximate surface area is 175 Å². The van der Waals surface area contributed by atoms with Gasteiger partial charge < -0.3 is 20.1 Å². The van der Waals surface area contributed by atoms with Crippen LogP contribution in [0.1, 0.15) is 42.2 Å². The number of benzene rings is 1. The molecule has 8 nitrogen and oxygen atoms in total. The van der Waals surface area contributed by atoms with E-state index in [0.717, 1.165) is 53.0 Å². The number of aromatic nitrogens is 1. The van der Waals surface area contributed by atoms with E-state index < -0.39 is 0 Å². The van der Waals surface area contributed by atoms with Crippen molar-refractivity contribution in [2.45, 2.75) is 26.2 Å². The van der Waals surface area contributed by atoms with Gasteiger partial charge in [0.2, 0.25) is 0 Å². The van der Waals surface area contributed by atoms with E-state index in [1.54, 1.807) is 0 Å². The fourth-order valence-electron chi connectivity index (χ4n) is 3.56. The van der Waals surface area contributed by atoms with Crippen molar-refractivity contribution in [2.75, 3.05) is 33.0 Å². The Morgan fingerprint density at radius 3 is 3.03 bits per heavy atom. The Kier molecular flexibility index (Phi) is 6.44. The van der Waals surface area contributed by atoms with Gasteiger partial charge in [0, 0.05) is 30.0 Å². The van der Waals surface area contributed by atoms with E-state index in [0.29, 0.717) is 38.6 Å². The lowest BCUT2D eigenvalue weighted by atomic mass is 10.0. The zero-order valence-corrected chi connectivity index (χ0v) is 17.2. The summed E-state index contributed by atoms with van der Waals surface area (Å²) in [6.07, 6.45) is 4.50. The fraction of sp³-hybridized carbons (Fsp3) is 0.409. The lowest BCUT2D eigenvalue weighted by Gasteiger charge is -2.16. The van der Waals surface area contributed by atoms with Crippen molar-refractivity contribution in [1.29, 1.82) is 0 Å². The number of hydrogen-bond acceptors (Lipinski definition) is 7.